The van der Waals surface area contributed by atoms with Gasteiger partial charge in [-0.25, -0.2) is 0 Å². The van der Waals surface area contributed by atoms with E-state index < -0.39 is 0 Å². The molecule has 0 atom stereocenters. The van der Waals surface area contributed by atoms with Gasteiger partial charge in [-0.05, 0) is 24.5 Å². The zero-order chi connectivity index (χ0) is 8.53. The average Bonchev–Trinajstić information content (AvgIpc) is 2.01. The summed E-state index contributed by atoms with van der Waals surface area (Å²) in [4.78, 5) is 0. The van der Waals surface area contributed by atoms with Crippen molar-refractivity contribution < 1.29 is 0 Å². The summed E-state index contributed by atoms with van der Waals surface area (Å²) in [6.45, 7) is 4.56. The van der Waals surface area contributed by atoms with Gasteiger partial charge in [0.2, 0.25) is 0 Å². The van der Waals surface area contributed by atoms with Crippen LogP contribution in [0.2, 0.25) is 0 Å². The van der Waals surface area contributed by atoms with Crippen molar-refractivity contribution in [2.45, 2.75) is 52.4 Å². The van der Waals surface area contributed by atoms with Crippen LogP contribution in [-0.2, 0) is 0 Å². The minimum Gasteiger partial charge on any atom is -0.179 e. The fourth-order valence-corrected chi connectivity index (χ4v) is 1.81. The van der Waals surface area contributed by atoms with E-state index in [0.29, 0.717) is 0 Å². The summed E-state index contributed by atoms with van der Waals surface area (Å²) in [6, 6.07) is 0. The Balaban J connectivity index is 3.34. The first-order chi connectivity index (χ1) is 5.35. The summed E-state index contributed by atoms with van der Waals surface area (Å²) >= 11 is 4.23. The monoisotopic (exact) mass is 174 g/mol. The molecular formula is C10H22S. The number of rotatable bonds is 7. The molecule has 0 aliphatic heterocycles. The Morgan fingerprint density at radius 3 is 1.91 bits per heavy atom. The minimum absolute atomic E-state index is 0.983. The maximum Gasteiger partial charge on any atom is -0.00978 e. The quantitative estimate of drug-likeness (QED) is 0.556. The van der Waals surface area contributed by atoms with Crippen molar-refractivity contribution in [3.05, 3.63) is 0 Å². The van der Waals surface area contributed by atoms with Crippen molar-refractivity contribution >= 4 is 12.6 Å². The highest BCUT2D eigenvalue weighted by atomic mass is 32.1. The standard InChI is InChI=1S/C10H22S/c1-3-6-10(7-4-2)8-5-9-11/h10-11H,3-9H2,1-2H3. The second-order valence-electron chi connectivity index (χ2n) is 3.31. The topological polar surface area (TPSA) is 0 Å². The number of hydrogen-bond acceptors (Lipinski definition) is 1. The van der Waals surface area contributed by atoms with Crippen LogP contribution in [0.3, 0.4) is 0 Å². The maximum absolute atomic E-state index is 4.23. The number of hydrogen-bond donors (Lipinski definition) is 1. The van der Waals surface area contributed by atoms with Crippen LogP contribution in [-0.4, -0.2) is 5.75 Å². The zero-order valence-electron chi connectivity index (χ0n) is 7.97. The summed E-state index contributed by atoms with van der Waals surface area (Å²) < 4.78 is 0. The van der Waals surface area contributed by atoms with E-state index in [2.05, 4.69) is 26.5 Å². The third-order valence-electron chi connectivity index (χ3n) is 2.16. The van der Waals surface area contributed by atoms with Crippen molar-refractivity contribution in [1.29, 1.82) is 0 Å². The molecule has 0 aromatic rings. The molecule has 0 spiro atoms. The maximum atomic E-state index is 4.23. The van der Waals surface area contributed by atoms with Gasteiger partial charge in [-0.15, -0.1) is 0 Å². The molecule has 1 heteroatoms. The Kier molecular flexibility index (Phi) is 8.72. The molecular weight excluding hydrogens is 152 g/mol. The van der Waals surface area contributed by atoms with Crippen LogP contribution in [0.5, 0.6) is 0 Å². The Bertz CT molecular complexity index is 65.3. The van der Waals surface area contributed by atoms with Gasteiger partial charge >= 0.3 is 0 Å². The summed E-state index contributed by atoms with van der Waals surface area (Å²) in [5, 5.41) is 0. The highest BCUT2D eigenvalue weighted by Crippen LogP contribution is 2.19. The van der Waals surface area contributed by atoms with E-state index in [1.54, 1.807) is 0 Å². The van der Waals surface area contributed by atoms with E-state index in [4.69, 9.17) is 0 Å². The van der Waals surface area contributed by atoms with Crippen molar-refractivity contribution in [1.82, 2.24) is 0 Å². The van der Waals surface area contributed by atoms with E-state index in [-0.39, 0.29) is 0 Å². The fraction of sp³-hybridized carbons (Fsp3) is 1.00. The molecule has 0 nitrogen and oxygen atoms in total. The van der Waals surface area contributed by atoms with Gasteiger partial charge in [-0.2, -0.15) is 12.6 Å². The molecule has 0 aromatic carbocycles. The average molecular weight is 174 g/mol. The highest BCUT2D eigenvalue weighted by Gasteiger charge is 2.04. The zero-order valence-corrected chi connectivity index (χ0v) is 8.87. The van der Waals surface area contributed by atoms with Crippen LogP contribution in [0, 0.1) is 5.92 Å². The molecule has 11 heavy (non-hydrogen) atoms. The summed E-state index contributed by atoms with van der Waals surface area (Å²) in [5.41, 5.74) is 0. The van der Waals surface area contributed by atoms with Crippen LogP contribution in [0.1, 0.15) is 52.4 Å². The van der Waals surface area contributed by atoms with E-state index in [1.165, 1.54) is 38.5 Å². The molecule has 0 fully saturated rings. The van der Waals surface area contributed by atoms with Gasteiger partial charge in [0, 0.05) is 0 Å². The van der Waals surface area contributed by atoms with E-state index in [0.717, 1.165) is 11.7 Å². The van der Waals surface area contributed by atoms with Gasteiger partial charge in [-0.3, -0.25) is 0 Å². The molecule has 0 saturated heterocycles. The van der Waals surface area contributed by atoms with E-state index in [9.17, 15) is 0 Å². The number of thiol groups is 1. The lowest BCUT2D eigenvalue weighted by atomic mass is 9.94. The molecule has 0 amide bonds. The van der Waals surface area contributed by atoms with E-state index >= 15 is 0 Å². The molecule has 68 valence electrons. The minimum atomic E-state index is 0.983. The molecule has 0 bridgehead atoms. The van der Waals surface area contributed by atoms with Crippen molar-refractivity contribution in [3.63, 3.8) is 0 Å². The van der Waals surface area contributed by atoms with Gasteiger partial charge in [0.05, 0.1) is 0 Å². The second-order valence-corrected chi connectivity index (χ2v) is 3.76. The first kappa shape index (κ1) is 11.4. The first-order valence-corrected chi connectivity index (χ1v) is 5.59. The fourth-order valence-electron chi connectivity index (χ4n) is 1.63. The second kappa shape index (κ2) is 8.45. The van der Waals surface area contributed by atoms with Crippen LogP contribution in [0.25, 0.3) is 0 Å². The molecule has 0 aliphatic carbocycles. The van der Waals surface area contributed by atoms with Gasteiger partial charge in [0.25, 0.3) is 0 Å². The van der Waals surface area contributed by atoms with Crippen LogP contribution in [0.15, 0.2) is 0 Å². The Hall–Kier alpha value is 0.350. The van der Waals surface area contributed by atoms with Crippen LogP contribution < -0.4 is 0 Å². The molecule has 0 aliphatic rings. The third kappa shape index (κ3) is 6.74. The lowest BCUT2D eigenvalue weighted by Crippen LogP contribution is -1.99. The van der Waals surface area contributed by atoms with Gasteiger partial charge in [-0.1, -0.05) is 39.5 Å². The van der Waals surface area contributed by atoms with Gasteiger partial charge in [0.15, 0.2) is 0 Å². The van der Waals surface area contributed by atoms with E-state index in [1.807, 2.05) is 0 Å². The summed E-state index contributed by atoms with van der Waals surface area (Å²) in [5.74, 6) is 2.04. The normalized spacial score (nSPS) is 10.9. The summed E-state index contributed by atoms with van der Waals surface area (Å²) in [6.07, 6.45) is 8.22. The Morgan fingerprint density at radius 2 is 1.55 bits per heavy atom. The third-order valence-corrected chi connectivity index (χ3v) is 2.48. The summed E-state index contributed by atoms with van der Waals surface area (Å²) in [7, 11) is 0. The molecule has 0 rings (SSSR count). The van der Waals surface area contributed by atoms with Crippen LogP contribution in [0.4, 0.5) is 0 Å². The SMILES string of the molecule is CCCC(CCC)CCCS. The van der Waals surface area contributed by atoms with Crippen molar-refractivity contribution in [2.24, 2.45) is 5.92 Å². The molecule has 0 heterocycles. The molecule has 0 aromatic heterocycles. The lowest BCUT2D eigenvalue weighted by molar-refractivity contribution is 0.408. The largest absolute Gasteiger partial charge is 0.179 e. The van der Waals surface area contributed by atoms with Gasteiger partial charge < -0.3 is 0 Å². The smallest absolute Gasteiger partial charge is 0.00978 e. The van der Waals surface area contributed by atoms with Gasteiger partial charge in [0.1, 0.15) is 0 Å². The predicted octanol–water partition coefficient (Wildman–Crippen LogP) is 3.91. The molecule has 0 radical (unpaired) electrons. The predicted molar refractivity (Wildman–Crippen MR) is 56.4 cm³/mol. The van der Waals surface area contributed by atoms with Crippen molar-refractivity contribution in [3.8, 4) is 0 Å². The highest BCUT2D eigenvalue weighted by molar-refractivity contribution is 7.80. The van der Waals surface area contributed by atoms with Crippen LogP contribution >= 0.6 is 12.6 Å². The Morgan fingerprint density at radius 1 is 1.00 bits per heavy atom. The molecule has 0 saturated carbocycles. The Labute approximate surface area is 77.2 Å². The first-order valence-electron chi connectivity index (χ1n) is 4.96. The lowest BCUT2D eigenvalue weighted by Gasteiger charge is -2.13. The molecule has 0 unspecified atom stereocenters. The van der Waals surface area contributed by atoms with Crippen molar-refractivity contribution in [2.75, 3.05) is 5.75 Å². The molecule has 0 N–H and O–H groups in total.